The lowest BCUT2D eigenvalue weighted by molar-refractivity contribution is 0.0965. The first-order valence-electron chi connectivity index (χ1n) is 7.29. The predicted molar refractivity (Wildman–Crippen MR) is 79.1 cm³/mol. The Kier molecular flexibility index (Phi) is 6.00. The largest absolute Gasteiger partial charge is 0.489 e. The summed E-state index contributed by atoms with van der Waals surface area (Å²) in [5, 5.41) is 22.3. The van der Waals surface area contributed by atoms with Gasteiger partial charge < -0.3 is 19.9 Å². The smallest absolute Gasteiger partial charge is 0.137 e. The molecule has 1 aromatic carbocycles. The van der Waals surface area contributed by atoms with Crippen LogP contribution in [0.5, 0.6) is 5.75 Å². The molecule has 3 atom stereocenters. The monoisotopic (exact) mass is 290 g/mol. The zero-order valence-corrected chi connectivity index (χ0v) is 12.3. The van der Waals surface area contributed by atoms with Gasteiger partial charge in [0, 0.05) is 19.7 Å². The van der Waals surface area contributed by atoms with Crippen molar-refractivity contribution in [3.63, 3.8) is 0 Å². The molecule has 1 fully saturated rings. The molecule has 5 nitrogen and oxygen atoms in total. The maximum absolute atomic E-state index is 9.96. The predicted octanol–water partition coefficient (Wildman–Crippen LogP) is 1.46. The molecule has 0 aliphatic heterocycles. The van der Waals surface area contributed by atoms with Gasteiger partial charge in [-0.05, 0) is 31.4 Å². The highest BCUT2D eigenvalue weighted by Crippen LogP contribution is 2.21. The molecular formula is C16H22N2O3. The number of nitrogens with one attached hydrogen (secondary N) is 1. The lowest BCUT2D eigenvalue weighted by Crippen LogP contribution is -2.37. The van der Waals surface area contributed by atoms with Gasteiger partial charge in [-0.25, -0.2) is 0 Å². The van der Waals surface area contributed by atoms with Gasteiger partial charge in [0.15, 0.2) is 0 Å². The summed E-state index contributed by atoms with van der Waals surface area (Å²) in [6.45, 7) is 0.655. The van der Waals surface area contributed by atoms with E-state index in [9.17, 15) is 5.11 Å². The molecule has 2 N–H and O–H groups in total. The fourth-order valence-corrected chi connectivity index (χ4v) is 2.57. The minimum Gasteiger partial charge on any atom is -0.489 e. The fraction of sp³-hybridized carbons (Fsp3) is 0.562. The van der Waals surface area contributed by atoms with Gasteiger partial charge in [-0.1, -0.05) is 12.1 Å². The number of ether oxygens (including phenoxy) is 2. The summed E-state index contributed by atoms with van der Waals surface area (Å²) in [4.78, 5) is 0. The number of methoxy groups -OCH3 is 1. The van der Waals surface area contributed by atoms with Crippen molar-refractivity contribution >= 4 is 0 Å². The molecular weight excluding hydrogens is 268 g/mol. The summed E-state index contributed by atoms with van der Waals surface area (Å²) >= 11 is 0. The van der Waals surface area contributed by atoms with E-state index in [-0.39, 0.29) is 6.61 Å². The number of aliphatic hydroxyl groups is 1. The number of para-hydroxylation sites is 1. The minimum atomic E-state index is -0.599. The molecule has 0 aromatic heterocycles. The highest BCUT2D eigenvalue weighted by Gasteiger charge is 2.24. The van der Waals surface area contributed by atoms with Crippen LogP contribution < -0.4 is 10.1 Å². The Morgan fingerprint density at radius 3 is 2.95 bits per heavy atom. The third-order valence-electron chi connectivity index (χ3n) is 3.80. The number of aliphatic hydroxyl groups excluding tert-OH is 1. The zero-order chi connectivity index (χ0) is 15.1. The Bertz CT molecular complexity index is 487. The van der Waals surface area contributed by atoms with Gasteiger partial charge in [-0.3, -0.25) is 0 Å². The normalized spacial score (nSPS) is 22.7. The second-order valence-electron chi connectivity index (χ2n) is 5.35. The average molecular weight is 290 g/mol. The first-order chi connectivity index (χ1) is 10.2. The molecule has 5 heteroatoms. The molecule has 3 unspecified atom stereocenters. The summed E-state index contributed by atoms with van der Waals surface area (Å²) in [6, 6.07) is 9.50. The van der Waals surface area contributed by atoms with Crippen LogP contribution in [-0.4, -0.2) is 43.6 Å². The van der Waals surface area contributed by atoms with Crippen LogP contribution in [0.25, 0.3) is 0 Å². The van der Waals surface area contributed by atoms with Crippen LogP contribution in [0, 0.1) is 11.3 Å². The lowest BCUT2D eigenvalue weighted by atomic mass is 10.2. The second-order valence-corrected chi connectivity index (χ2v) is 5.35. The van der Waals surface area contributed by atoms with Crippen LogP contribution in [0.1, 0.15) is 24.8 Å². The first-order valence-corrected chi connectivity index (χ1v) is 7.29. The highest BCUT2D eigenvalue weighted by molar-refractivity contribution is 5.42. The lowest BCUT2D eigenvalue weighted by Gasteiger charge is -2.17. The van der Waals surface area contributed by atoms with E-state index in [1.54, 1.807) is 25.3 Å². The average Bonchev–Trinajstić information content (AvgIpc) is 2.99. The van der Waals surface area contributed by atoms with Gasteiger partial charge in [0.05, 0.1) is 11.7 Å². The fourth-order valence-electron chi connectivity index (χ4n) is 2.57. The summed E-state index contributed by atoms with van der Waals surface area (Å²) < 4.78 is 10.8. The molecule has 1 saturated carbocycles. The number of hydrogen-bond acceptors (Lipinski definition) is 5. The van der Waals surface area contributed by atoms with Gasteiger partial charge in [0.25, 0.3) is 0 Å². The van der Waals surface area contributed by atoms with E-state index < -0.39 is 6.10 Å². The van der Waals surface area contributed by atoms with Gasteiger partial charge >= 0.3 is 0 Å². The standard InChI is InChI=1S/C16H22N2O3/c1-20-15-7-6-13(8-15)18-10-14(19)11-21-16-5-3-2-4-12(16)9-17/h2-5,13-15,18-19H,6-8,10-11H2,1H3. The number of benzene rings is 1. The van der Waals surface area contributed by atoms with Crippen LogP contribution in [0.4, 0.5) is 0 Å². The Balaban J connectivity index is 1.70. The zero-order valence-electron chi connectivity index (χ0n) is 12.3. The number of rotatable bonds is 7. The van der Waals surface area contributed by atoms with Gasteiger partial charge in [0.1, 0.15) is 24.5 Å². The molecule has 0 spiro atoms. The SMILES string of the molecule is COC1CCC(NCC(O)COc2ccccc2C#N)C1. The molecule has 1 aliphatic carbocycles. The van der Waals surface area contributed by atoms with E-state index in [0.29, 0.717) is 30.0 Å². The Hall–Kier alpha value is -1.61. The van der Waals surface area contributed by atoms with Gasteiger partial charge in [0.2, 0.25) is 0 Å². The van der Waals surface area contributed by atoms with Crippen molar-refractivity contribution in [1.29, 1.82) is 5.26 Å². The van der Waals surface area contributed by atoms with E-state index in [2.05, 4.69) is 11.4 Å². The molecule has 0 bridgehead atoms. The van der Waals surface area contributed by atoms with Crippen LogP contribution in [0.3, 0.4) is 0 Å². The van der Waals surface area contributed by atoms with Crippen LogP contribution >= 0.6 is 0 Å². The topological polar surface area (TPSA) is 74.5 Å². The van der Waals surface area contributed by atoms with Gasteiger partial charge in [-0.2, -0.15) is 5.26 Å². The van der Waals surface area contributed by atoms with Crippen LogP contribution in [0.2, 0.25) is 0 Å². The van der Waals surface area contributed by atoms with Crippen LogP contribution in [0.15, 0.2) is 24.3 Å². The summed E-state index contributed by atoms with van der Waals surface area (Å²) in [6.07, 6.45) is 2.86. The third-order valence-corrected chi connectivity index (χ3v) is 3.80. The maximum Gasteiger partial charge on any atom is 0.137 e. The number of nitriles is 1. The number of hydrogen-bond donors (Lipinski definition) is 2. The van der Waals surface area contributed by atoms with E-state index in [1.807, 2.05) is 6.07 Å². The van der Waals surface area contributed by atoms with Crippen molar-refractivity contribution in [2.75, 3.05) is 20.3 Å². The minimum absolute atomic E-state index is 0.173. The summed E-state index contributed by atoms with van der Waals surface area (Å²) in [5.74, 6) is 0.513. The summed E-state index contributed by atoms with van der Waals surface area (Å²) in [5.41, 5.74) is 0.483. The van der Waals surface area contributed by atoms with Crippen molar-refractivity contribution in [1.82, 2.24) is 5.32 Å². The van der Waals surface area contributed by atoms with E-state index in [1.165, 1.54) is 0 Å². The van der Waals surface area contributed by atoms with Crippen molar-refractivity contribution in [3.8, 4) is 11.8 Å². The summed E-state index contributed by atoms with van der Waals surface area (Å²) in [7, 11) is 1.74. The first kappa shape index (κ1) is 15.8. The van der Waals surface area contributed by atoms with E-state index in [4.69, 9.17) is 14.7 Å². The van der Waals surface area contributed by atoms with Gasteiger partial charge in [-0.15, -0.1) is 0 Å². The van der Waals surface area contributed by atoms with E-state index >= 15 is 0 Å². The molecule has 2 rings (SSSR count). The van der Waals surface area contributed by atoms with Crippen LogP contribution in [-0.2, 0) is 4.74 Å². The number of nitrogens with zero attached hydrogens (tertiary/aromatic N) is 1. The Labute approximate surface area is 125 Å². The van der Waals surface area contributed by atoms with Crippen molar-refractivity contribution < 1.29 is 14.6 Å². The Morgan fingerprint density at radius 1 is 1.43 bits per heavy atom. The quantitative estimate of drug-likeness (QED) is 0.795. The van der Waals surface area contributed by atoms with E-state index in [0.717, 1.165) is 19.3 Å². The molecule has 1 aromatic rings. The van der Waals surface area contributed by atoms with Crippen molar-refractivity contribution in [2.24, 2.45) is 0 Å². The van der Waals surface area contributed by atoms with Crippen molar-refractivity contribution in [2.45, 2.75) is 37.5 Å². The molecule has 0 radical (unpaired) electrons. The molecule has 114 valence electrons. The molecule has 0 heterocycles. The third kappa shape index (κ3) is 4.71. The maximum atomic E-state index is 9.96. The molecule has 1 aliphatic rings. The second kappa shape index (κ2) is 7.99. The highest BCUT2D eigenvalue weighted by atomic mass is 16.5. The molecule has 21 heavy (non-hydrogen) atoms. The molecule has 0 saturated heterocycles. The molecule has 0 amide bonds. The van der Waals surface area contributed by atoms with Crippen molar-refractivity contribution in [3.05, 3.63) is 29.8 Å². The Morgan fingerprint density at radius 2 is 2.24 bits per heavy atom.